The average Bonchev–Trinajstić information content (AvgIpc) is 3.49. The molecule has 132 valence electrons. The zero-order valence-corrected chi connectivity index (χ0v) is 15.4. The molecule has 0 N–H and O–H groups in total. The largest absolute Gasteiger partial charge is 0.257 e. The van der Waals surface area contributed by atoms with Gasteiger partial charge in [0.25, 0.3) is 0 Å². The third kappa shape index (κ3) is 3.19. The number of rotatable bonds is 5. The van der Waals surface area contributed by atoms with Crippen molar-refractivity contribution in [3.05, 3.63) is 109 Å². The molecular weight excluding hydrogens is 326 g/mol. The zero-order valence-electron chi connectivity index (χ0n) is 15.4. The molecule has 3 aliphatic carbocycles. The van der Waals surface area contributed by atoms with E-state index in [4.69, 9.17) is 4.99 Å². The normalized spacial score (nSPS) is 23.6. The molecular formula is C26H24N+. The third-order valence-electron chi connectivity index (χ3n) is 6.06. The highest BCUT2D eigenvalue weighted by atomic mass is 14.8. The van der Waals surface area contributed by atoms with Crippen LogP contribution in [0.1, 0.15) is 24.3 Å². The maximum Gasteiger partial charge on any atom is 0.138 e. The summed E-state index contributed by atoms with van der Waals surface area (Å²) in [6.07, 6.45) is 29.0. The van der Waals surface area contributed by atoms with Crippen LogP contribution in [0.3, 0.4) is 0 Å². The fourth-order valence-corrected chi connectivity index (χ4v) is 4.68. The molecule has 1 aromatic rings. The number of hydrogen-bond acceptors (Lipinski definition) is 1. The number of aliphatic imine (C=N–C) groups is 1. The quantitative estimate of drug-likeness (QED) is 0.542. The van der Waals surface area contributed by atoms with E-state index in [1.807, 2.05) is 0 Å². The van der Waals surface area contributed by atoms with Gasteiger partial charge in [-0.15, -0.1) is 0 Å². The molecule has 1 aliphatic heterocycles. The van der Waals surface area contributed by atoms with E-state index in [1.54, 1.807) is 5.92 Å². The van der Waals surface area contributed by atoms with E-state index in [1.165, 1.54) is 11.3 Å². The lowest BCUT2D eigenvalue weighted by atomic mass is 9.72. The molecule has 0 radical (unpaired) electrons. The van der Waals surface area contributed by atoms with Crippen LogP contribution in [-0.4, -0.2) is 5.71 Å². The Morgan fingerprint density at radius 1 is 0.778 bits per heavy atom. The first-order valence-electron chi connectivity index (χ1n) is 9.95. The molecule has 1 nitrogen and oxygen atoms in total. The van der Waals surface area contributed by atoms with Crippen molar-refractivity contribution in [2.45, 2.75) is 18.8 Å². The minimum absolute atomic E-state index is 0.363. The van der Waals surface area contributed by atoms with Crippen molar-refractivity contribution < 1.29 is 0 Å². The van der Waals surface area contributed by atoms with Crippen LogP contribution in [0.2, 0.25) is 0 Å². The summed E-state index contributed by atoms with van der Waals surface area (Å²) in [4.78, 5) is 5.03. The van der Waals surface area contributed by atoms with Crippen molar-refractivity contribution in [1.29, 1.82) is 0 Å². The van der Waals surface area contributed by atoms with Gasteiger partial charge in [0.2, 0.25) is 0 Å². The van der Waals surface area contributed by atoms with Gasteiger partial charge in [-0.05, 0) is 42.4 Å². The van der Waals surface area contributed by atoms with Gasteiger partial charge in [-0.1, -0.05) is 66.8 Å². The van der Waals surface area contributed by atoms with Gasteiger partial charge in [-0.25, -0.2) is 0 Å². The zero-order chi connectivity index (χ0) is 18.1. The molecule has 0 saturated heterocycles. The maximum absolute atomic E-state index is 5.03. The van der Waals surface area contributed by atoms with E-state index in [0.29, 0.717) is 23.7 Å². The van der Waals surface area contributed by atoms with Gasteiger partial charge in [0.15, 0.2) is 0 Å². The van der Waals surface area contributed by atoms with Gasteiger partial charge < -0.3 is 0 Å². The monoisotopic (exact) mass is 350 g/mol. The van der Waals surface area contributed by atoms with Crippen molar-refractivity contribution in [1.82, 2.24) is 0 Å². The van der Waals surface area contributed by atoms with E-state index in [9.17, 15) is 0 Å². The first-order valence-corrected chi connectivity index (χ1v) is 9.95. The summed E-state index contributed by atoms with van der Waals surface area (Å²) in [5.41, 5.74) is 3.87. The minimum Gasteiger partial charge on any atom is -0.257 e. The van der Waals surface area contributed by atoms with Crippen molar-refractivity contribution in [3.63, 3.8) is 0 Å². The molecule has 0 spiro atoms. The Morgan fingerprint density at radius 2 is 1.37 bits per heavy atom. The summed E-state index contributed by atoms with van der Waals surface area (Å²) in [5, 5.41) is 0. The second-order valence-corrected chi connectivity index (χ2v) is 7.73. The number of para-hydroxylation sites is 1. The van der Waals surface area contributed by atoms with Gasteiger partial charge >= 0.3 is 0 Å². The SMILES string of the molecule is C1=CC(C2=Nc3ccccc3C(C[C+](C3C=CC=C3)C3C=CC=C3)C2)C=C1. The molecule has 0 bridgehead atoms. The van der Waals surface area contributed by atoms with Crippen LogP contribution in [0.25, 0.3) is 0 Å². The van der Waals surface area contributed by atoms with Gasteiger partial charge in [-0.2, -0.15) is 0 Å². The first kappa shape index (κ1) is 16.4. The molecule has 5 rings (SSSR count). The van der Waals surface area contributed by atoms with Gasteiger partial charge in [-0.3, -0.25) is 4.99 Å². The number of fused-ring (bicyclic) bond motifs is 1. The summed E-state index contributed by atoms with van der Waals surface area (Å²) in [5.74, 6) is 3.35. The number of allylic oxidation sites excluding steroid dienone is 12. The highest BCUT2D eigenvalue weighted by Crippen LogP contribution is 2.45. The Bertz CT molecular complexity index is 857. The molecule has 1 aromatic carbocycles. The average molecular weight is 350 g/mol. The Labute approximate surface area is 161 Å². The molecule has 0 saturated carbocycles. The molecule has 0 aromatic heterocycles. The summed E-state index contributed by atoms with van der Waals surface area (Å²) in [7, 11) is 0. The molecule has 1 heteroatoms. The highest BCUT2D eigenvalue weighted by molar-refractivity contribution is 5.95. The van der Waals surface area contributed by atoms with Crippen LogP contribution in [0, 0.1) is 23.7 Å². The molecule has 27 heavy (non-hydrogen) atoms. The lowest BCUT2D eigenvalue weighted by Gasteiger charge is -2.27. The van der Waals surface area contributed by atoms with E-state index >= 15 is 0 Å². The van der Waals surface area contributed by atoms with E-state index in [2.05, 4.69) is 97.2 Å². The van der Waals surface area contributed by atoms with Gasteiger partial charge in [0.05, 0.1) is 12.1 Å². The molecule has 0 amide bonds. The van der Waals surface area contributed by atoms with E-state index < -0.39 is 0 Å². The Balaban J connectivity index is 1.46. The Hall–Kier alpha value is -2.80. The third-order valence-corrected chi connectivity index (χ3v) is 6.06. The Kier molecular flexibility index (Phi) is 4.29. The number of benzene rings is 1. The standard InChI is InChI=1S/C26H24N/c1-2-10-19(9-1)24(20-11-3-4-12-20)17-22-18-26(21-13-5-6-14-21)27-25-16-8-7-15-23(22)25/h1-16,19-22H,17-18H2/q+1. The lowest BCUT2D eigenvalue weighted by Crippen LogP contribution is -2.23. The van der Waals surface area contributed by atoms with Crippen LogP contribution in [0.5, 0.6) is 0 Å². The van der Waals surface area contributed by atoms with E-state index in [0.717, 1.165) is 18.5 Å². The van der Waals surface area contributed by atoms with E-state index in [-0.39, 0.29) is 0 Å². The summed E-state index contributed by atoms with van der Waals surface area (Å²) in [6.45, 7) is 0. The van der Waals surface area contributed by atoms with Gasteiger partial charge in [0, 0.05) is 17.5 Å². The predicted molar refractivity (Wildman–Crippen MR) is 114 cm³/mol. The van der Waals surface area contributed by atoms with Crippen LogP contribution < -0.4 is 0 Å². The van der Waals surface area contributed by atoms with Crippen molar-refractivity contribution >= 4 is 11.4 Å². The number of hydrogen-bond donors (Lipinski definition) is 0. The summed E-state index contributed by atoms with van der Waals surface area (Å²) < 4.78 is 0. The first-order chi connectivity index (χ1) is 13.4. The second kappa shape index (κ2) is 7.08. The molecule has 1 heterocycles. The van der Waals surface area contributed by atoms with Crippen LogP contribution in [0.4, 0.5) is 5.69 Å². The van der Waals surface area contributed by atoms with Crippen LogP contribution >= 0.6 is 0 Å². The molecule has 4 aliphatic rings. The highest BCUT2D eigenvalue weighted by Gasteiger charge is 2.40. The van der Waals surface area contributed by atoms with Crippen molar-refractivity contribution in [2.75, 3.05) is 0 Å². The smallest absolute Gasteiger partial charge is 0.138 e. The van der Waals surface area contributed by atoms with Crippen LogP contribution in [-0.2, 0) is 0 Å². The topological polar surface area (TPSA) is 12.4 Å². The van der Waals surface area contributed by atoms with Crippen molar-refractivity contribution in [2.24, 2.45) is 22.7 Å². The van der Waals surface area contributed by atoms with Gasteiger partial charge in [0.1, 0.15) is 17.8 Å². The van der Waals surface area contributed by atoms with Crippen LogP contribution in [0.15, 0.2) is 102 Å². The minimum atomic E-state index is 0.363. The predicted octanol–water partition coefficient (Wildman–Crippen LogP) is 6.44. The fraction of sp³-hybridized carbons (Fsp3) is 0.231. The lowest BCUT2D eigenvalue weighted by molar-refractivity contribution is 0.541. The Morgan fingerprint density at radius 3 is 2.04 bits per heavy atom. The van der Waals surface area contributed by atoms with Crippen molar-refractivity contribution in [3.8, 4) is 0 Å². The molecule has 0 fully saturated rings. The molecule has 1 unspecified atom stereocenters. The number of nitrogens with zero attached hydrogens (tertiary/aromatic N) is 1. The second-order valence-electron chi connectivity index (χ2n) is 7.73. The maximum atomic E-state index is 5.03. The fourth-order valence-electron chi connectivity index (χ4n) is 4.68. The molecule has 1 atom stereocenters. The summed E-state index contributed by atoms with van der Waals surface area (Å²) in [6, 6.07) is 8.72. The summed E-state index contributed by atoms with van der Waals surface area (Å²) >= 11 is 0.